The highest BCUT2D eigenvalue weighted by molar-refractivity contribution is 6.32. The lowest BCUT2D eigenvalue weighted by atomic mass is 10.0. The first-order valence-corrected chi connectivity index (χ1v) is 8.48. The summed E-state index contributed by atoms with van der Waals surface area (Å²) in [6.45, 7) is 3.91. The molecule has 27 heavy (non-hydrogen) atoms. The Morgan fingerprint density at radius 3 is 2.52 bits per heavy atom. The summed E-state index contributed by atoms with van der Waals surface area (Å²) in [7, 11) is 0. The maximum absolute atomic E-state index is 12.9. The molecule has 0 fully saturated rings. The Bertz CT molecular complexity index is 1050. The third-order valence-corrected chi connectivity index (χ3v) is 4.66. The van der Waals surface area contributed by atoms with Gasteiger partial charge in [-0.2, -0.15) is 23.5 Å². The molecule has 0 saturated heterocycles. The number of rotatable bonds is 3. The van der Waals surface area contributed by atoms with E-state index in [0.717, 1.165) is 34.6 Å². The second-order valence-electron chi connectivity index (χ2n) is 6.21. The third kappa shape index (κ3) is 3.83. The molecule has 0 radical (unpaired) electrons. The fourth-order valence-corrected chi connectivity index (χ4v) is 3.27. The number of nitriles is 1. The molecule has 138 valence electrons. The van der Waals surface area contributed by atoms with Gasteiger partial charge in [0.1, 0.15) is 6.07 Å². The summed E-state index contributed by atoms with van der Waals surface area (Å²) < 4.78 is 40.4. The topological polar surface area (TPSA) is 41.6 Å². The van der Waals surface area contributed by atoms with Gasteiger partial charge in [0, 0.05) is 11.3 Å². The van der Waals surface area contributed by atoms with Crippen LogP contribution in [0, 0.1) is 25.2 Å². The van der Waals surface area contributed by atoms with Crippen molar-refractivity contribution in [2.75, 3.05) is 0 Å². The van der Waals surface area contributed by atoms with Crippen molar-refractivity contribution >= 4 is 11.6 Å². The van der Waals surface area contributed by atoms with E-state index in [2.05, 4.69) is 5.10 Å². The van der Waals surface area contributed by atoms with E-state index >= 15 is 0 Å². The molecule has 0 amide bonds. The van der Waals surface area contributed by atoms with Crippen LogP contribution >= 0.6 is 11.6 Å². The fraction of sp³-hybridized carbons (Fsp3) is 0.200. The molecular formula is C20H15ClF3N3. The van der Waals surface area contributed by atoms with Gasteiger partial charge < -0.3 is 0 Å². The molecule has 7 heteroatoms. The molecule has 1 heterocycles. The summed E-state index contributed by atoms with van der Waals surface area (Å²) in [4.78, 5) is 0. The van der Waals surface area contributed by atoms with Gasteiger partial charge in [-0.1, -0.05) is 29.8 Å². The second-order valence-corrected chi connectivity index (χ2v) is 6.62. The summed E-state index contributed by atoms with van der Waals surface area (Å²) in [5.41, 5.74) is 3.43. The maximum atomic E-state index is 12.9. The van der Waals surface area contributed by atoms with Crippen molar-refractivity contribution in [1.29, 1.82) is 5.26 Å². The van der Waals surface area contributed by atoms with Gasteiger partial charge in [0.2, 0.25) is 0 Å². The zero-order chi connectivity index (χ0) is 19.8. The average molecular weight is 390 g/mol. The van der Waals surface area contributed by atoms with Crippen LogP contribution in [0.5, 0.6) is 0 Å². The minimum Gasteiger partial charge on any atom is -0.265 e. The third-order valence-electron chi connectivity index (χ3n) is 4.35. The fourth-order valence-electron chi connectivity index (χ4n) is 3.05. The molecular weight excluding hydrogens is 375 g/mol. The number of alkyl halides is 3. The van der Waals surface area contributed by atoms with Gasteiger partial charge in [0.15, 0.2) is 0 Å². The van der Waals surface area contributed by atoms with Crippen molar-refractivity contribution in [3.05, 3.63) is 75.6 Å². The van der Waals surface area contributed by atoms with Crippen molar-refractivity contribution in [3.8, 4) is 17.2 Å². The highest BCUT2D eigenvalue weighted by Gasteiger charge is 2.30. The number of aromatic nitrogens is 2. The number of hydrogen-bond donors (Lipinski definition) is 0. The molecule has 0 N–H and O–H groups in total. The predicted octanol–water partition coefficient (Wildman–Crippen LogP) is 5.76. The average Bonchev–Trinajstić information content (AvgIpc) is 2.88. The number of benzene rings is 2. The highest BCUT2D eigenvalue weighted by Crippen LogP contribution is 2.32. The molecule has 1 aromatic heterocycles. The Labute approximate surface area is 159 Å². The Morgan fingerprint density at radius 1 is 1.15 bits per heavy atom. The Kier molecular flexibility index (Phi) is 4.99. The number of hydrogen-bond acceptors (Lipinski definition) is 2. The number of aryl methyl sites for hydroxylation is 1. The van der Waals surface area contributed by atoms with Crippen molar-refractivity contribution < 1.29 is 13.2 Å². The molecule has 0 saturated carbocycles. The highest BCUT2D eigenvalue weighted by atomic mass is 35.5. The monoisotopic (exact) mass is 389 g/mol. The first kappa shape index (κ1) is 19.0. The van der Waals surface area contributed by atoms with E-state index in [-0.39, 0.29) is 6.54 Å². The largest absolute Gasteiger partial charge is 0.416 e. The summed E-state index contributed by atoms with van der Waals surface area (Å²) in [6.07, 6.45) is -4.38. The molecule has 0 bridgehead atoms. The van der Waals surface area contributed by atoms with Crippen LogP contribution in [0.4, 0.5) is 13.2 Å². The number of nitrogens with zero attached hydrogens (tertiary/aromatic N) is 3. The van der Waals surface area contributed by atoms with Crippen molar-refractivity contribution in [1.82, 2.24) is 9.78 Å². The van der Waals surface area contributed by atoms with Crippen LogP contribution in [0.1, 0.15) is 28.1 Å². The Morgan fingerprint density at radius 2 is 1.89 bits per heavy atom. The first-order chi connectivity index (χ1) is 12.7. The lowest BCUT2D eigenvalue weighted by Gasteiger charge is -2.10. The quantitative estimate of drug-likeness (QED) is 0.571. The van der Waals surface area contributed by atoms with Gasteiger partial charge >= 0.3 is 6.18 Å². The van der Waals surface area contributed by atoms with Gasteiger partial charge in [-0.15, -0.1) is 0 Å². The SMILES string of the molecule is Cc1nn(Cc2cccc(C(F)(F)F)c2)c(C)c1-c1ccc(C#N)c(Cl)c1. The molecule has 0 aliphatic heterocycles. The van der Waals surface area contributed by atoms with Crippen LogP contribution in [-0.4, -0.2) is 9.78 Å². The molecule has 2 aromatic carbocycles. The normalized spacial score (nSPS) is 11.4. The first-order valence-electron chi connectivity index (χ1n) is 8.11. The van der Waals surface area contributed by atoms with Crippen LogP contribution in [-0.2, 0) is 12.7 Å². The Balaban J connectivity index is 1.98. The van der Waals surface area contributed by atoms with E-state index in [0.29, 0.717) is 16.1 Å². The van der Waals surface area contributed by atoms with Crippen molar-refractivity contribution in [2.24, 2.45) is 0 Å². The minimum absolute atomic E-state index is 0.223. The molecule has 0 aliphatic rings. The minimum atomic E-state index is -4.38. The van der Waals surface area contributed by atoms with E-state index in [1.54, 1.807) is 28.9 Å². The lowest BCUT2D eigenvalue weighted by Crippen LogP contribution is -2.08. The predicted molar refractivity (Wildman–Crippen MR) is 97.4 cm³/mol. The van der Waals surface area contributed by atoms with Gasteiger partial charge in [-0.05, 0) is 49.2 Å². The maximum Gasteiger partial charge on any atom is 0.416 e. The molecule has 0 atom stereocenters. The van der Waals surface area contributed by atoms with E-state index < -0.39 is 11.7 Å². The standard InChI is InChI=1S/C20H15ClF3N3/c1-12-19(15-6-7-16(10-25)18(21)9-15)13(2)27(26-12)11-14-4-3-5-17(8-14)20(22,23)24/h3-9H,11H2,1-2H3. The van der Waals surface area contributed by atoms with Crippen molar-refractivity contribution in [2.45, 2.75) is 26.6 Å². The Hall–Kier alpha value is -2.78. The van der Waals surface area contributed by atoms with E-state index in [1.807, 2.05) is 19.9 Å². The van der Waals surface area contributed by atoms with E-state index in [4.69, 9.17) is 16.9 Å². The van der Waals surface area contributed by atoms with Crippen LogP contribution < -0.4 is 0 Å². The smallest absolute Gasteiger partial charge is 0.265 e. The van der Waals surface area contributed by atoms with Gasteiger partial charge in [-0.3, -0.25) is 4.68 Å². The molecule has 0 aliphatic carbocycles. The molecule has 3 nitrogen and oxygen atoms in total. The summed E-state index contributed by atoms with van der Waals surface area (Å²) in [5.74, 6) is 0. The zero-order valence-electron chi connectivity index (χ0n) is 14.6. The van der Waals surface area contributed by atoms with Crippen LogP contribution in [0.25, 0.3) is 11.1 Å². The molecule has 0 unspecified atom stereocenters. The van der Waals surface area contributed by atoms with E-state index in [1.165, 1.54) is 6.07 Å². The van der Waals surface area contributed by atoms with E-state index in [9.17, 15) is 13.2 Å². The molecule has 3 rings (SSSR count). The number of halogens is 4. The second kappa shape index (κ2) is 7.09. The summed E-state index contributed by atoms with van der Waals surface area (Å²) in [6, 6.07) is 12.4. The van der Waals surface area contributed by atoms with Gasteiger partial charge in [0.25, 0.3) is 0 Å². The summed E-state index contributed by atoms with van der Waals surface area (Å²) >= 11 is 6.12. The molecule has 0 spiro atoms. The zero-order valence-corrected chi connectivity index (χ0v) is 15.4. The van der Waals surface area contributed by atoms with Crippen LogP contribution in [0.15, 0.2) is 42.5 Å². The van der Waals surface area contributed by atoms with Crippen molar-refractivity contribution in [3.63, 3.8) is 0 Å². The summed E-state index contributed by atoms with van der Waals surface area (Å²) in [5, 5.41) is 13.8. The molecule has 3 aromatic rings. The van der Waals surface area contributed by atoms with Crippen LogP contribution in [0.2, 0.25) is 5.02 Å². The van der Waals surface area contributed by atoms with Gasteiger partial charge in [0.05, 0.1) is 28.4 Å². The lowest BCUT2D eigenvalue weighted by molar-refractivity contribution is -0.137. The van der Waals surface area contributed by atoms with Crippen LogP contribution in [0.3, 0.4) is 0 Å². The van der Waals surface area contributed by atoms with Gasteiger partial charge in [-0.25, -0.2) is 0 Å².